The van der Waals surface area contributed by atoms with Gasteiger partial charge in [-0.15, -0.1) is 0 Å². The van der Waals surface area contributed by atoms with E-state index >= 15 is 0 Å². The highest BCUT2D eigenvalue weighted by Crippen LogP contribution is 2.24. The van der Waals surface area contributed by atoms with Crippen LogP contribution in [0.15, 0.2) is 18.2 Å². The lowest BCUT2D eigenvalue weighted by Crippen LogP contribution is -2.29. The molecule has 0 saturated heterocycles. The van der Waals surface area contributed by atoms with Crippen LogP contribution in [-0.4, -0.2) is 35.8 Å². The van der Waals surface area contributed by atoms with E-state index in [0.717, 1.165) is 5.56 Å². The van der Waals surface area contributed by atoms with Crippen molar-refractivity contribution in [3.8, 4) is 0 Å². The summed E-state index contributed by atoms with van der Waals surface area (Å²) < 4.78 is 0. The van der Waals surface area contributed by atoms with Crippen molar-refractivity contribution in [1.29, 1.82) is 0 Å². The zero-order chi connectivity index (χ0) is 13.5. The molecule has 0 aromatic heterocycles. The highest BCUT2D eigenvalue weighted by atomic mass is 16.6. The molecule has 18 heavy (non-hydrogen) atoms. The molecule has 100 valence electrons. The number of aliphatic hydroxyl groups excluding tert-OH is 1. The second kappa shape index (κ2) is 6.93. The van der Waals surface area contributed by atoms with Crippen LogP contribution in [-0.2, 0) is 0 Å². The molecular weight excluding hydrogens is 234 g/mol. The Balaban J connectivity index is 2.50. The third kappa shape index (κ3) is 4.68. The monoisotopic (exact) mass is 253 g/mol. The lowest BCUT2D eigenvalue weighted by molar-refractivity contribution is -0.384. The van der Waals surface area contributed by atoms with Crippen LogP contribution in [0.2, 0.25) is 0 Å². The van der Waals surface area contributed by atoms with E-state index in [9.17, 15) is 10.1 Å². The first kappa shape index (κ1) is 14.4. The Morgan fingerprint density at radius 1 is 1.44 bits per heavy atom. The number of nitrogens with zero attached hydrogens (tertiary/aromatic N) is 1. The summed E-state index contributed by atoms with van der Waals surface area (Å²) in [5, 5.41) is 25.9. The molecule has 6 nitrogen and oxygen atoms in total. The van der Waals surface area contributed by atoms with Crippen molar-refractivity contribution in [3.63, 3.8) is 0 Å². The third-order valence-electron chi connectivity index (χ3n) is 2.41. The van der Waals surface area contributed by atoms with Crippen molar-refractivity contribution >= 4 is 11.4 Å². The number of anilines is 1. The van der Waals surface area contributed by atoms with E-state index in [-0.39, 0.29) is 5.69 Å². The zero-order valence-corrected chi connectivity index (χ0v) is 10.6. The van der Waals surface area contributed by atoms with Crippen LogP contribution in [0.3, 0.4) is 0 Å². The van der Waals surface area contributed by atoms with Gasteiger partial charge in [-0.05, 0) is 25.5 Å². The van der Waals surface area contributed by atoms with E-state index in [1.165, 1.54) is 6.07 Å². The van der Waals surface area contributed by atoms with Crippen molar-refractivity contribution in [2.75, 3.05) is 25.0 Å². The fourth-order valence-corrected chi connectivity index (χ4v) is 1.55. The number of nitro groups is 1. The fourth-order valence-electron chi connectivity index (χ4n) is 1.55. The van der Waals surface area contributed by atoms with Gasteiger partial charge in [0.2, 0.25) is 0 Å². The maximum Gasteiger partial charge on any atom is 0.292 e. The Labute approximate surface area is 106 Å². The molecule has 1 aromatic carbocycles. The van der Waals surface area contributed by atoms with Crippen LogP contribution < -0.4 is 10.6 Å². The number of aryl methyl sites for hydroxylation is 1. The van der Waals surface area contributed by atoms with Gasteiger partial charge in [-0.2, -0.15) is 0 Å². The Kier molecular flexibility index (Phi) is 5.54. The van der Waals surface area contributed by atoms with Crippen LogP contribution in [0.1, 0.15) is 12.5 Å². The molecule has 0 amide bonds. The average molecular weight is 253 g/mol. The highest BCUT2D eigenvalue weighted by molar-refractivity contribution is 5.62. The molecule has 0 aliphatic heterocycles. The summed E-state index contributed by atoms with van der Waals surface area (Å²) in [4.78, 5) is 10.4. The molecule has 1 aromatic rings. The van der Waals surface area contributed by atoms with Gasteiger partial charge in [0, 0.05) is 25.7 Å². The summed E-state index contributed by atoms with van der Waals surface area (Å²) in [5.74, 6) is 0. The quantitative estimate of drug-likeness (QED) is 0.387. The number of rotatable bonds is 7. The van der Waals surface area contributed by atoms with E-state index in [2.05, 4.69) is 10.6 Å². The smallest absolute Gasteiger partial charge is 0.292 e. The molecule has 0 radical (unpaired) electrons. The van der Waals surface area contributed by atoms with Crippen LogP contribution in [0.25, 0.3) is 0 Å². The van der Waals surface area contributed by atoms with Crippen LogP contribution in [0.4, 0.5) is 11.4 Å². The summed E-state index contributed by atoms with van der Waals surface area (Å²) >= 11 is 0. The minimum atomic E-state index is -0.398. The lowest BCUT2D eigenvalue weighted by atomic mass is 10.2. The molecule has 1 atom stereocenters. The van der Waals surface area contributed by atoms with E-state index in [0.29, 0.717) is 25.3 Å². The fraction of sp³-hybridized carbons (Fsp3) is 0.500. The molecule has 0 bridgehead atoms. The van der Waals surface area contributed by atoms with Crippen LogP contribution >= 0.6 is 0 Å². The highest BCUT2D eigenvalue weighted by Gasteiger charge is 2.12. The Morgan fingerprint density at radius 3 is 2.78 bits per heavy atom. The standard InChI is InChI=1S/C12H19N3O3/c1-9-3-4-12(15(17)18)11(7-9)14-6-5-13-8-10(2)16/h3-4,7,10,13-14,16H,5-6,8H2,1-2H3. The second-order valence-electron chi connectivity index (χ2n) is 4.26. The third-order valence-corrected chi connectivity index (χ3v) is 2.41. The summed E-state index contributed by atoms with van der Waals surface area (Å²) in [6, 6.07) is 4.97. The first-order valence-corrected chi connectivity index (χ1v) is 5.88. The minimum absolute atomic E-state index is 0.0797. The summed E-state index contributed by atoms with van der Waals surface area (Å²) in [7, 11) is 0. The molecule has 0 spiro atoms. The van der Waals surface area contributed by atoms with Gasteiger partial charge in [0.05, 0.1) is 11.0 Å². The van der Waals surface area contributed by atoms with Crippen molar-refractivity contribution < 1.29 is 10.0 Å². The molecule has 0 heterocycles. The second-order valence-corrected chi connectivity index (χ2v) is 4.26. The van der Waals surface area contributed by atoms with Gasteiger partial charge in [-0.3, -0.25) is 10.1 Å². The average Bonchev–Trinajstić information content (AvgIpc) is 2.27. The van der Waals surface area contributed by atoms with E-state index < -0.39 is 11.0 Å². The van der Waals surface area contributed by atoms with Gasteiger partial charge in [-0.1, -0.05) is 6.07 Å². The normalized spacial score (nSPS) is 12.2. The van der Waals surface area contributed by atoms with E-state index in [1.807, 2.05) is 6.92 Å². The van der Waals surface area contributed by atoms with Gasteiger partial charge in [0.15, 0.2) is 0 Å². The largest absolute Gasteiger partial charge is 0.392 e. The number of nitrogens with one attached hydrogen (secondary N) is 2. The Morgan fingerprint density at radius 2 is 2.17 bits per heavy atom. The molecule has 1 unspecified atom stereocenters. The minimum Gasteiger partial charge on any atom is -0.392 e. The van der Waals surface area contributed by atoms with Gasteiger partial charge in [0.25, 0.3) is 5.69 Å². The molecule has 3 N–H and O–H groups in total. The van der Waals surface area contributed by atoms with E-state index in [4.69, 9.17) is 5.11 Å². The number of benzene rings is 1. The van der Waals surface area contributed by atoms with Crippen molar-refractivity contribution in [1.82, 2.24) is 5.32 Å². The maximum absolute atomic E-state index is 10.8. The van der Waals surface area contributed by atoms with Gasteiger partial charge in [0.1, 0.15) is 5.69 Å². The molecular formula is C12H19N3O3. The van der Waals surface area contributed by atoms with E-state index in [1.54, 1.807) is 19.1 Å². The molecule has 6 heteroatoms. The van der Waals surface area contributed by atoms with Gasteiger partial charge in [-0.25, -0.2) is 0 Å². The number of nitro benzene ring substituents is 1. The predicted octanol–water partition coefficient (Wildman–Crippen LogP) is 1.29. The van der Waals surface area contributed by atoms with Crippen LogP contribution in [0.5, 0.6) is 0 Å². The number of aliphatic hydroxyl groups is 1. The number of hydrogen-bond acceptors (Lipinski definition) is 5. The van der Waals surface area contributed by atoms with Gasteiger partial charge >= 0.3 is 0 Å². The molecule has 0 aliphatic rings. The molecule has 0 saturated carbocycles. The molecule has 0 fully saturated rings. The zero-order valence-electron chi connectivity index (χ0n) is 10.6. The van der Waals surface area contributed by atoms with Gasteiger partial charge < -0.3 is 15.7 Å². The molecule has 0 aliphatic carbocycles. The van der Waals surface area contributed by atoms with Crippen molar-refractivity contribution in [2.45, 2.75) is 20.0 Å². The molecule has 1 rings (SSSR count). The SMILES string of the molecule is Cc1ccc([N+](=O)[O-])c(NCCNCC(C)O)c1. The topological polar surface area (TPSA) is 87.4 Å². The van der Waals surface area contributed by atoms with Crippen LogP contribution in [0, 0.1) is 17.0 Å². The maximum atomic E-state index is 10.8. The first-order valence-electron chi connectivity index (χ1n) is 5.88. The Hall–Kier alpha value is -1.66. The first-order chi connectivity index (χ1) is 8.50. The number of hydrogen-bond donors (Lipinski definition) is 3. The van der Waals surface area contributed by atoms with Crippen molar-refractivity contribution in [2.24, 2.45) is 0 Å². The summed E-state index contributed by atoms with van der Waals surface area (Å²) in [6.45, 7) is 5.30. The Bertz CT molecular complexity index is 408. The summed E-state index contributed by atoms with van der Waals surface area (Å²) in [6.07, 6.45) is -0.390. The summed E-state index contributed by atoms with van der Waals surface area (Å²) in [5.41, 5.74) is 1.58. The van der Waals surface area contributed by atoms with Crippen molar-refractivity contribution in [3.05, 3.63) is 33.9 Å². The lowest BCUT2D eigenvalue weighted by Gasteiger charge is -2.09. The predicted molar refractivity (Wildman–Crippen MR) is 70.9 cm³/mol.